The standard InChI is InChI=1S/C18H25NO4/c1-4-22-18(21)15-8-10-19(11-9-15)16(20)12-23-17-13(2)6-5-7-14(17)3/h5-7,15H,4,8-12H2,1-3H3. The van der Waals surface area contributed by atoms with E-state index in [-0.39, 0.29) is 24.4 Å². The molecule has 1 amide bonds. The van der Waals surface area contributed by atoms with E-state index in [0.717, 1.165) is 16.9 Å². The molecule has 126 valence electrons. The Balaban J connectivity index is 1.83. The van der Waals surface area contributed by atoms with Crippen LogP contribution in [-0.4, -0.2) is 43.1 Å². The van der Waals surface area contributed by atoms with Gasteiger partial charge >= 0.3 is 5.97 Å². The molecule has 5 heteroatoms. The summed E-state index contributed by atoms with van der Waals surface area (Å²) in [5.41, 5.74) is 2.05. The molecule has 5 nitrogen and oxygen atoms in total. The molecule has 0 aliphatic carbocycles. The van der Waals surface area contributed by atoms with E-state index >= 15 is 0 Å². The highest BCUT2D eigenvalue weighted by molar-refractivity contribution is 5.78. The van der Waals surface area contributed by atoms with Gasteiger partial charge < -0.3 is 14.4 Å². The molecule has 0 saturated carbocycles. The van der Waals surface area contributed by atoms with Gasteiger partial charge in [-0.05, 0) is 44.7 Å². The molecule has 1 fully saturated rings. The molecule has 0 unspecified atom stereocenters. The average Bonchev–Trinajstić information content (AvgIpc) is 2.54. The number of ether oxygens (including phenoxy) is 2. The average molecular weight is 319 g/mol. The van der Waals surface area contributed by atoms with Gasteiger partial charge in [0, 0.05) is 13.1 Å². The SMILES string of the molecule is CCOC(=O)C1CCN(C(=O)COc2c(C)cccc2C)CC1. The number of rotatable bonds is 5. The van der Waals surface area contributed by atoms with E-state index in [9.17, 15) is 9.59 Å². The van der Waals surface area contributed by atoms with Crippen LogP contribution in [0.5, 0.6) is 5.75 Å². The number of amides is 1. The fourth-order valence-electron chi connectivity index (χ4n) is 2.88. The van der Waals surface area contributed by atoms with Crippen LogP contribution in [0.15, 0.2) is 18.2 Å². The fourth-order valence-corrected chi connectivity index (χ4v) is 2.88. The minimum absolute atomic E-state index is 0.0324. The number of nitrogens with zero attached hydrogens (tertiary/aromatic N) is 1. The zero-order chi connectivity index (χ0) is 16.8. The fraction of sp³-hybridized carbons (Fsp3) is 0.556. The predicted octanol–water partition coefficient (Wildman–Crippen LogP) is 2.48. The summed E-state index contributed by atoms with van der Waals surface area (Å²) in [6, 6.07) is 5.91. The molecule has 1 aliphatic heterocycles. The summed E-state index contributed by atoms with van der Waals surface area (Å²) in [5.74, 6) is 0.516. The Labute approximate surface area is 137 Å². The molecule has 1 saturated heterocycles. The molecule has 1 heterocycles. The summed E-state index contributed by atoms with van der Waals surface area (Å²) in [7, 11) is 0. The Kier molecular flexibility index (Phi) is 6.02. The van der Waals surface area contributed by atoms with Crippen molar-refractivity contribution in [2.75, 3.05) is 26.3 Å². The molecule has 1 aromatic rings. The molecular weight excluding hydrogens is 294 g/mol. The van der Waals surface area contributed by atoms with Crippen molar-refractivity contribution in [3.05, 3.63) is 29.3 Å². The highest BCUT2D eigenvalue weighted by Crippen LogP contribution is 2.23. The molecule has 23 heavy (non-hydrogen) atoms. The van der Waals surface area contributed by atoms with Crippen molar-refractivity contribution in [2.24, 2.45) is 5.92 Å². The molecule has 1 aliphatic rings. The van der Waals surface area contributed by atoms with Crippen LogP contribution in [0, 0.1) is 19.8 Å². The van der Waals surface area contributed by atoms with Crippen molar-refractivity contribution < 1.29 is 19.1 Å². The van der Waals surface area contributed by atoms with Gasteiger partial charge in [-0.3, -0.25) is 9.59 Å². The third-order valence-electron chi connectivity index (χ3n) is 4.22. The molecule has 0 atom stereocenters. The molecule has 1 aromatic carbocycles. The highest BCUT2D eigenvalue weighted by Gasteiger charge is 2.28. The monoisotopic (exact) mass is 319 g/mol. The van der Waals surface area contributed by atoms with Gasteiger partial charge in [-0.2, -0.15) is 0 Å². The van der Waals surface area contributed by atoms with Gasteiger partial charge in [0.2, 0.25) is 0 Å². The number of carbonyl (C=O) groups excluding carboxylic acids is 2. The van der Waals surface area contributed by atoms with Crippen LogP contribution in [-0.2, 0) is 14.3 Å². The minimum atomic E-state index is -0.147. The van der Waals surface area contributed by atoms with E-state index in [1.165, 1.54) is 0 Å². The molecule has 0 bridgehead atoms. The van der Waals surface area contributed by atoms with E-state index in [1.54, 1.807) is 11.8 Å². The number of hydrogen-bond donors (Lipinski definition) is 0. The van der Waals surface area contributed by atoms with Gasteiger partial charge in [-0.15, -0.1) is 0 Å². The lowest BCUT2D eigenvalue weighted by Gasteiger charge is -2.30. The normalized spacial score (nSPS) is 15.3. The van der Waals surface area contributed by atoms with Crippen LogP contribution in [0.4, 0.5) is 0 Å². The maximum Gasteiger partial charge on any atom is 0.309 e. The van der Waals surface area contributed by atoms with Gasteiger partial charge in [-0.25, -0.2) is 0 Å². The van der Waals surface area contributed by atoms with Crippen LogP contribution < -0.4 is 4.74 Å². The first-order valence-electron chi connectivity index (χ1n) is 8.16. The summed E-state index contributed by atoms with van der Waals surface area (Å²) in [5, 5.41) is 0. The molecule has 2 rings (SSSR count). The van der Waals surface area contributed by atoms with E-state index in [1.807, 2.05) is 32.0 Å². The maximum atomic E-state index is 12.3. The predicted molar refractivity (Wildman–Crippen MR) is 87.3 cm³/mol. The van der Waals surface area contributed by atoms with E-state index in [4.69, 9.17) is 9.47 Å². The Morgan fingerprint density at radius 2 is 1.78 bits per heavy atom. The number of esters is 1. The van der Waals surface area contributed by atoms with Crippen molar-refractivity contribution in [1.82, 2.24) is 4.90 Å². The Morgan fingerprint density at radius 3 is 2.35 bits per heavy atom. The van der Waals surface area contributed by atoms with Gasteiger partial charge in [0.05, 0.1) is 12.5 Å². The number of hydrogen-bond acceptors (Lipinski definition) is 4. The number of aryl methyl sites for hydroxylation is 2. The number of likely N-dealkylation sites (tertiary alicyclic amines) is 1. The zero-order valence-corrected chi connectivity index (χ0v) is 14.1. The smallest absolute Gasteiger partial charge is 0.309 e. The molecule has 0 N–H and O–H groups in total. The lowest BCUT2D eigenvalue weighted by molar-refractivity contribution is -0.151. The number of piperidine rings is 1. The third-order valence-corrected chi connectivity index (χ3v) is 4.22. The molecule has 0 radical (unpaired) electrons. The van der Waals surface area contributed by atoms with Crippen LogP contribution in [0.25, 0.3) is 0 Å². The van der Waals surface area contributed by atoms with E-state index < -0.39 is 0 Å². The lowest BCUT2D eigenvalue weighted by atomic mass is 9.97. The summed E-state index contributed by atoms with van der Waals surface area (Å²) >= 11 is 0. The van der Waals surface area contributed by atoms with Gasteiger partial charge in [0.15, 0.2) is 6.61 Å². The third kappa shape index (κ3) is 4.47. The van der Waals surface area contributed by atoms with Gasteiger partial charge in [0.1, 0.15) is 5.75 Å². The first-order chi connectivity index (χ1) is 11.0. The number of para-hydroxylation sites is 1. The Hall–Kier alpha value is -2.04. The van der Waals surface area contributed by atoms with Crippen LogP contribution >= 0.6 is 0 Å². The molecule has 0 aromatic heterocycles. The first-order valence-corrected chi connectivity index (χ1v) is 8.16. The van der Waals surface area contributed by atoms with Crippen LogP contribution in [0.3, 0.4) is 0 Å². The van der Waals surface area contributed by atoms with Crippen molar-refractivity contribution in [2.45, 2.75) is 33.6 Å². The molecular formula is C18H25NO4. The topological polar surface area (TPSA) is 55.8 Å². The second-order valence-corrected chi connectivity index (χ2v) is 5.92. The zero-order valence-electron chi connectivity index (χ0n) is 14.1. The first kappa shape index (κ1) is 17.3. The summed E-state index contributed by atoms with van der Waals surface area (Å²) in [4.78, 5) is 25.8. The van der Waals surface area contributed by atoms with Crippen molar-refractivity contribution in [3.63, 3.8) is 0 Å². The molecule has 0 spiro atoms. The largest absolute Gasteiger partial charge is 0.483 e. The van der Waals surface area contributed by atoms with Crippen LogP contribution in [0.1, 0.15) is 30.9 Å². The summed E-state index contributed by atoms with van der Waals surface area (Å²) in [6.45, 7) is 7.35. The summed E-state index contributed by atoms with van der Waals surface area (Å²) in [6.07, 6.45) is 1.32. The maximum absolute atomic E-state index is 12.3. The number of benzene rings is 1. The second-order valence-electron chi connectivity index (χ2n) is 5.92. The van der Waals surface area contributed by atoms with Gasteiger partial charge in [0.25, 0.3) is 5.91 Å². The van der Waals surface area contributed by atoms with E-state index in [2.05, 4.69) is 0 Å². The quantitative estimate of drug-likeness (QED) is 0.783. The Morgan fingerprint density at radius 1 is 1.17 bits per heavy atom. The Bertz CT molecular complexity index is 542. The number of carbonyl (C=O) groups is 2. The highest BCUT2D eigenvalue weighted by atomic mass is 16.5. The lowest BCUT2D eigenvalue weighted by Crippen LogP contribution is -2.42. The summed E-state index contributed by atoms with van der Waals surface area (Å²) < 4.78 is 10.8. The van der Waals surface area contributed by atoms with Crippen molar-refractivity contribution >= 4 is 11.9 Å². The van der Waals surface area contributed by atoms with Gasteiger partial charge in [-0.1, -0.05) is 18.2 Å². The van der Waals surface area contributed by atoms with Crippen molar-refractivity contribution in [1.29, 1.82) is 0 Å². The van der Waals surface area contributed by atoms with Crippen molar-refractivity contribution in [3.8, 4) is 5.75 Å². The second kappa shape index (κ2) is 7.99. The minimum Gasteiger partial charge on any atom is -0.483 e. The van der Waals surface area contributed by atoms with Crippen LogP contribution in [0.2, 0.25) is 0 Å². The van der Waals surface area contributed by atoms with E-state index in [0.29, 0.717) is 32.5 Å².